The van der Waals surface area contributed by atoms with Crippen LogP contribution in [0.1, 0.15) is 16.7 Å². The summed E-state index contributed by atoms with van der Waals surface area (Å²) in [5.41, 5.74) is 17.9. The molecule has 0 N–H and O–H groups in total. The van der Waals surface area contributed by atoms with E-state index in [-0.39, 0.29) is 0 Å². The molecule has 0 atom stereocenters. The Kier molecular flexibility index (Phi) is 10.2. The SMILES string of the molecule is N#Cc1cc(-c2cccc(-c3cccc(-c4ccc(-c5ccccc5)c(C#N)c4)c3)c2)cc(-c2cccc(-c3cccc(-c4ccc(-c5ccccc5)c(C#N)c4)c3)c2)c1. The van der Waals surface area contributed by atoms with Crippen LogP contribution in [0.15, 0.2) is 212 Å². The lowest BCUT2D eigenvalue weighted by molar-refractivity contribution is 1.47. The molecule has 9 aromatic rings. The van der Waals surface area contributed by atoms with Crippen LogP contribution in [-0.2, 0) is 0 Å². The highest BCUT2D eigenvalue weighted by Crippen LogP contribution is 2.36. The van der Waals surface area contributed by atoms with Crippen molar-refractivity contribution in [3.05, 3.63) is 229 Å². The van der Waals surface area contributed by atoms with Crippen molar-refractivity contribution in [2.45, 2.75) is 0 Å². The standard InChI is InChI=1S/C57H35N3/c58-36-39-27-52(48-21-9-17-44(31-48)42-15-7-19-46(29-42)50-23-25-56(54(33-50)37-59)40-11-3-1-4-12-40)35-53(28-39)49-22-10-18-45(32-49)43-16-8-20-47(30-43)51-24-26-57(55(34-51)38-60)41-13-5-2-6-14-41/h1-35H. The van der Waals surface area contributed by atoms with Gasteiger partial charge in [0.1, 0.15) is 0 Å². The van der Waals surface area contributed by atoms with Crippen molar-refractivity contribution in [3.8, 4) is 107 Å². The summed E-state index contributed by atoms with van der Waals surface area (Å²) in [5.74, 6) is 0. The molecule has 9 aromatic carbocycles. The summed E-state index contributed by atoms with van der Waals surface area (Å²) in [7, 11) is 0. The third-order valence-corrected chi connectivity index (χ3v) is 11.0. The third-order valence-electron chi connectivity index (χ3n) is 11.0. The molecule has 0 saturated carbocycles. The van der Waals surface area contributed by atoms with E-state index in [0.717, 1.165) is 89.0 Å². The maximum atomic E-state index is 10.2. The highest BCUT2D eigenvalue weighted by atomic mass is 14.3. The fourth-order valence-corrected chi connectivity index (χ4v) is 7.91. The maximum Gasteiger partial charge on any atom is 0.0998 e. The van der Waals surface area contributed by atoms with Gasteiger partial charge in [-0.2, -0.15) is 15.8 Å². The number of hydrogen-bond donors (Lipinski definition) is 0. The Morgan fingerprint density at radius 1 is 0.217 bits per heavy atom. The van der Waals surface area contributed by atoms with Crippen LogP contribution in [0.3, 0.4) is 0 Å². The molecule has 3 heteroatoms. The van der Waals surface area contributed by atoms with Gasteiger partial charge < -0.3 is 0 Å². The molecule has 0 bridgehead atoms. The Morgan fingerprint density at radius 3 is 0.817 bits per heavy atom. The molecule has 0 fully saturated rings. The summed E-state index contributed by atoms with van der Waals surface area (Å²) in [6.45, 7) is 0. The molecular formula is C57H35N3. The van der Waals surface area contributed by atoms with Crippen LogP contribution >= 0.6 is 0 Å². The van der Waals surface area contributed by atoms with Gasteiger partial charge in [-0.15, -0.1) is 0 Å². The summed E-state index contributed by atoms with van der Waals surface area (Å²) in [6, 6.07) is 79.0. The zero-order chi connectivity index (χ0) is 40.8. The molecule has 3 nitrogen and oxygen atoms in total. The third kappa shape index (κ3) is 7.62. The van der Waals surface area contributed by atoms with Crippen LogP contribution in [0, 0.1) is 34.0 Å². The molecule has 9 rings (SSSR count). The monoisotopic (exact) mass is 761 g/mol. The molecule has 0 heterocycles. The molecule has 0 aliphatic heterocycles. The van der Waals surface area contributed by atoms with Gasteiger partial charge in [0.2, 0.25) is 0 Å². The maximum absolute atomic E-state index is 10.2. The highest BCUT2D eigenvalue weighted by molar-refractivity contribution is 5.84. The smallest absolute Gasteiger partial charge is 0.0998 e. The summed E-state index contributed by atoms with van der Waals surface area (Å²) in [6.07, 6.45) is 0. The fourth-order valence-electron chi connectivity index (χ4n) is 7.91. The Morgan fingerprint density at radius 2 is 0.500 bits per heavy atom. The average Bonchev–Trinajstić information content (AvgIpc) is 3.34. The van der Waals surface area contributed by atoms with Crippen LogP contribution in [0.2, 0.25) is 0 Å². The van der Waals surface area contributed by atoms with Crippen molar-refractivity contribution in [1.29, 1.82) is 15.8 Å². The van der Waals surface area contributed by atoms with Crippen molar-refractivity contribution in [1.82, 2.24) is 0 Å². The first-order valence-corrected chi connectivity index (χ1v) is 19.7. The molecule has 278 valence electrons. The molecule has 0 saturated heterocycles. The van der Waals surface area contributed by atoms with E-state index in [1.165, 1.54) is 0 Å². The van der Waals surface area contributed by atoms with Crippen LogP contribution in [0.4, 0.5) is 0 Å². The number of benzene rings is 9. The second kappa shape index (κ2) is 16.5. The Bertz CT molecular complexity index is 2970. The van der Waals surface area contributed by atoms with E-state index in [2.05, 4.69) is 133 Å². The van der Waals surface area contributed by atoms with Gasteiger partial charge in [0.25, 0.3) is 0 Å². The van der Waals surface area contributed by atoms with E-state index in [1.54, 1.807) is 0 Å². The second-order valence-electron chi connectivity index (χ2n) is 14.7. The molecule has 0 amide bonds. The minimum atomic E-state index is 0.585. The molecule has 0 spiro atoms. The molecule has 0 aliphatic rings. The number of hydrogen-bond acceptors (Lipinski definition) is 3. The molecule has 0 unspecified atom stereocenters. The highest BCUT2D eigenvalue weighted by Gasteiger charge is 2.13. The fraction of sp³-hybridized carbons (Fsp3) is 0. The lowest BCUT2D eigenvalue weighted by Gasteiger charge is -2.12. The van der Waals surface area contributed by atoms with Gasteiger partial charge in [-0.05, 0) is 144 Å². The minimum Gasteiger partial charge on any atom is -0.192 e. The first kappa shape index (κ1) is 37.1. The van der Waals surface area contributed by atoms with E-state index in [0.29, 0.717) is 16.7 Å². The van der Waals surface area contributed by atoms with E-state index < -0.39 is 0 Å². The predicted octanol–water partition coefficient (Wildman–Crippen LogP) is 14.6. The quantitative estimate of drug-likeness (QED) is 0.155. The van der Waals surface area contributed by atoms with Gasteiger partial charge in [0, 0.05) is 0 Å². The van der Waals surface area contributed by atoms with Gasteiger partial charge in [0.15, 0.2) is 0 Å². The van der Waals surface area contributed by atoms with Crippen molar-refractivity contribution in [3.63, 3.8) is 0 Å². The lowest BCUT2D eigenvalue weighted by atomic mass is 9.91. The van der Waals surface area contributed by atoms with Crippen LogP contribution in [0.25, 0.3) is 89.0 Å². The summed E-state index contributed by atoms with van der Waals surface area (Å²) in [5, 5.41) is 30.2. The summed E-state index contributed by atoms with van der Waals surface area (Å²) >= 11 is 0. The lowest BCUT2D eigenvalue weighted by Crippen LogP contribution is -1.89. The van der Waals surface area contributed by atoms with E-state index in [9.17, 15) is 15.8 Å². The Hall–Kier alpha value is -8.55. The molecular weight excluding hydrogens is 727 g/mol. The number of nitriles is 3. The Labute approximate surface area is 350 Å². The van der Waals surface area contributed by atoms with Crippen molar-refractivity contribution >= 4 is 0 Å². The van der Waals surface area contributed by atoms with Crippen LogP contribution in [0.5, 0.6) is 0 Å². The van der Waals surface area contributed by atoms with Gasteiger partial charge in [-0.25, -0.2) is 0 Å². The zero-order valence-corrected chi connectivity index (χ0v) is 32.5. The van der Waals surface area contributed by atoms with Gasteiger partial charge in [-0.3, -0.25) is 0 Å². The zero-order valence-electron chi connectivity index (χ0n) is 32.5. The summed E-state index contributed by atoms with van der Waals surface area (Å²) in [4.78, 5) is 0. The van der Waals surface area contributed by atoms with Gasteiger partial charge >= 0.3 is 0 Å². The molecule has 0 radical (unpaired) electrons. The predicted molar refractivity (Wildman–Crippen MR) is 244 cm³/mol. The normalized spacial score (nSPS) is 10.6. The van der Waals surface area contributed by atoms with Gasteiger partial charge in [0.05, 0.1) is 34.9 Å². The molecule has 0 aliphatic carbocycles. The summed E-state index contributed by atoms with van der Waals surface area (Å²) < 4.78 is 0. The number of nitrogens with zero attached hydrogens (tertiary/aromatic N) is 3. The average molecular weight is 762 g/mol. The van der Waals surface area contributed by atoms with E-state index >= 15 is 0 Å². The van der Waals surface area contributed by atoms with Crippen molar-refractivity contribution < 1.29 is 0 Å². The van der Waals surface area contributed by atoms with E-state index in [1.807, 2.05) is 97.1 Å². The first-order valence-electron chi connectivity index (χ1n) is 19.7. The Balaban J connectivity index is 1.01. The van der Waals surface area contributed by atoms with Crippen molar-refractivity contribution in [2.24, 2.45) is 0 Å². The largest absolute Gasteiger partial charge is 0.192 e. The first-order chi connectivity index (χ1) is 29.6. The second-order valence-corrected chi connectivity index (χ2v) is 14.7. The van der Waals surface area contributed by atoms with E-state index in [4.69, 9.17) is 0 Å². The number of rotatable bonds is 8. The molecule has 0 aromatic heterocycles. The molecule has 60 heavy (non-hydrogen) atoms. The van der Waals surface area contributed by atoms with Gasteiger partial charge in [-0.1, -0.05) is 158 Å². The minimum absolute atomic E-state index is 0.585. The van der Waals surface area contributed by atoms with Crippen LogP contribution in [-0.4, -0.2) is 0 Å². The topological polar surface area (TPSA) is 71.4 Å². The van der Waals surface area contributed by atoms with Crippen molar-refractivity contribution in [2.75, 3.05) is 0 Å². The van der Waals surface area contributed by atoms with Crippen LogP contribution < -0.4 is 0 Å².